The number of rotatable bonds is 2. The Labute approximate surface area is 258 Å². The highest BCUT2D eigenvalue weighted by Gasteiger charge is 2.41. The van der Waals surface area contributed by atoms with E-state index in [9.17, 15) is 28.3 Å². The van der Waals surface area contributed by atoms with Crippen LogP contribution in [0.15, 0.2) is 66.7 Å². The Morgan fingerprint density at radius 1 is 0.978 bits per heavy atom. The molecule has 12 heteroatoms. The monoisotopic (exact) mass is 620 g/mol. The van der Waals surface area contributed by atoms with Crippen molar-refractivity contribution in [3.63, 3.8) is 0 Å². The van der Waals surface area contributed by atoms with Crippen molar-refractivity contribution in [1.29, 1.82) is 0 Å². The van der Waals surface area contributed by atoms with E-state index in [4.69, 9.17) is 9.47 Å². The van der Waals surface area contributed by atoms with Gasteiger partial charge >= 0.3 is 6.03 Å². The fourth-order valence-corrected chi connectivity index (χ4v) is 6.08. The van der Waals surface area contributed by atoms with Crippen LogP contribution in [0.1, 0.15) is 36.0 Å². The molecule has 45 heavy (non-hydrogen) atoms. The second-order valence-electron chi connectivity index (χ2n) is 11.5. The SMILES string of the molecule is O=C1N[C@H]2C[C@@H](C(=O)NC[C@H]3O[C@H](CCOc4cc(-c5ccc(F)cc5F)ccc41)CC[C@@H]3O)N(C(=O)Nc1ccccc1)C2. The van der Waals surface area contributed by atoms with Gasteiger partial charge in [0.1, 0.15) is 29.5 Å². The fourth-order valence-electron chi connectivity index (χ4n) is 6.08. The molecule has 4 amide bonds. The number of likely N-dealkylation sites (tertiary alicyclic amines) is 1. The van der Waals surface area contributed by atoms with Crippen molar-refractivity contribution in [1.82, 2.24) is 15.5 Å². The molecule has 2 fully saturated rings. The van der Waals surface area contributed by atoms with E-state index in [1.165, 1.54) is 23.1 Å². The summed E-state index contributed by atoms with van der Waals surface area (Å²) in [5.41, 5.74) is 1.27. The topological polar surface area (TPSA) is 129 Å². The third kappa shape index (κ3) is 6.91. The van der Waals surface area contributed by atoms with Gasteiger partial charge in [-0.2, -0.15) is 0 Å². The average molecular weight is 621 g/mol. The standard InChI is InChI=1S/C33H34F2N4O6/c34-20-7-10-24(26(35)15-20)19-6-9-25-29(14-19)44-13-12-23-8-11-28(40)30(45-23)17-36-32(42)27-16-22(37-31(25)41)18-39(27)33(43)38-21-4-2-1-3-5-21/h1-7,9-10,14-15,22-23,27-28,30,40H,8,11-13,16-18H2,(H,36,42)(H,37,41)(H,38,43)/t22-,23-,27-,28-,30+/m0/s1. The zero-order valence-corrected chi connectivity index (χ0v) is 24.4. The molecule has 3 aromatic carbocycles. The maximum atomic E-state index is 14.6. The minimum atomic E-state index is -0.900. The number of amides is 4. The largest absolute Gasteiger partial charge is 0.493 e. The first-order valence-corrected chi connectivity index (χ1v) is 15.0. The van der Waals surface area contributed by atoms with Gasteiger partial charge in [-0.05, 0) is 61.2 Å². The van der Waals surface area contributed by atoms with Crippen LogP contribution in [0.3, 0.4) is 0 Å². The molecule has 0 unspecified atom stereocenters. The molecule has 3 heterocycles. The average Bonchev–Trinajstić information content (AvgIpc) is 3.45. The zero-order valence-electron chi connectivity index (χ0n) is 24.4. The first-order chi connectivity index (χ1) is 21.7. The summed E-state index contributed by atoms with van der Waals surface area (Å²) in [4.78, 5) is 41.8. The van der Waals surface area contributed by atoms with Crippen molar-refractivity contribution in [3.05, 3.63) is 83.9 Å². The molecule has 3 aliphatic rings. The van der Waals surface area contributed by atoms with E-state index in [1.54, 1.807) is 30.3 Å². The smallest absolute Gasteiger partial charge is 0.322 e. The Balaban J connectivity index is 1.30. The molecule has 0 saturated carbocycles. The molecule has 0 radical (unpaired) electrons. The second-order valence-corrected chi connectivity index (χ2v) is 11.5. The lowest BCUT2D eigenvalue weighted by Gasteiger charge is -2.34. The number of nitrogens with one attached hydrogen (secondary N) is 3. The van der Waals surface area contributed by atoms with Crippen LogP contribution in [0.25, 0.3) is 11.1 Å². The van der Waals surface area contributed by atoms with Gasteiger partial charge in [0.05, 0.1) is 24.4 Å². The van der Waals surface area contributed by atoms with E-state index in [1.807, 2.05) is 6.07 Å². The van der Waals surface area contributed by atoms with Crippen LogP contribution in [0.5, 0.6) is 5.75 Å². The summed E-state index contributed by atoms with van der Waals surface area (Å²) in [5.74, 6) is -2.18. The van der Waals surface area contributed by atoms with Gasteiger partial charge in [0.25, 0.3) is 5.91 Å². The maximum Gasteiger partial charge on any atom is 0.322 e. The molecule has 236 valence electrons. The molecular formula is C33H34F2N4O6. The van der Waals surface area contributed by atoms with E-state index < -0.39 is 53.8 Å². The number of carbonyl (C=O) groups excluding carboxylic acids is 3. The lowest BCUT2D eigenvalue weighted by Crippen LogP contribution is -2.51. The fraction of sp³-hybridized carbons (Fsp3) is 0.364. The van der Waals surface area contributed by atoms with Gasteiger partial charge in [0, 0.05) is 42.9 Å². The number of aliphatic hydroxyl groups is 1. The number of anilines is 1. The van der Waals surface area contributed by atoms with Gasteiger partial charge in [-0.3, -0.25) is 9.59 Å². The van der Waals surface area contributed by atoms with Gasteiger partial charge in [0.15, 0.2) is 0 Å². The van der Waals surface area contributed by atoms with Crippen LogP contribution in [0, 0.1) is 11.6 Å². The number of halogens is 2. The number of ether oxygens (including phenoxy) is 2. The minimum Gasteiger partial charge on any atom is -0.493 e. The van der Waals surface area contributed by atoms with Crippen molar-refractivity contribution >= 4 is 23.5 Å². The summed E-state index contributed by atoms with van der Waals surface area (Å²) in [6.45, 7) is 0.269. The van der Waals surface area contributed by atoms with E-state index in [0.29, 0.717) is 30.5 Å². The number of hydrogen-bond acceptors (Lipinski definition) is 6. The third-order valence-electron chi connectivity index (χ3n) is 8.45. The molecular weight excluding hydrogens is 586 g/mol. The summed E-state index contributed by atoms with van der Waals surface area (Å²) < 4.78 is 40.4. The molecule has 4 N–H and O–H groups in total. The molecule has 6 rings (SSSR count). The Hall–Kier alpha value is -4.55. The van der Waals surface area contributed by atoms with Crippen LogP contribution in [-0.2, 0) is 9.53 Å². The third-order valence-corrected chi connectivity index (χ3v) is 8.45. The number of benzene rings is 3. The highest BCUT2D eigenvalue weighted by Crippen LogP contribution is 2.31. The summed E-state index contributed by atoms with van der Waals surface area (Å²) in [5, 5.41) is 19.2. The van der Waals surface area contributed by atoms with E-state index in [2.05, 4.69) is 16.0 Å². The van der Waals surface area contributed by atoms with Gasteiger partial charge < -0.3 is 35.4 Å². The van der Waals surface area contributed by atoms with E-state index in [-0.39, 0.29) is 49.1 Å². The molecule has 0 aromatic heterocycles. The van der Waals surface area contributed by atoms with Crippen LogP contribution < -0.4 is 20.7 Å². The first-order valence-electron chi connectivity index (χ1n) is 15.0. The Bertz CT molecular complexity index is 1570. The number of fused-ring (bicyclic) bond motifs is 5. The molecule has 5 atom stereocenters. The highest BCUT2D eigenvalue weighted by molar-refractivity contribution is 5.98. The van der Waals surface area contributed by atoms with Crippen molar-refractivity contribution in [2.45, 2.75) is 56.1 Å². The quantitative estimate of drug-likeness (QED) is 0.345. The lowest BCUT2D eigenvalue weighted by atomic mass is 9.99. The summed E-state index contributed by atoms with van der Waals surface area (Å²) in [6.07, 6.45) is -0.0802. The molecule has 0 spiro atoms. The number of carbonyl (C=O) groups is 3. The second kappa shape index (κ2) is 13.2. The molecule has 0 aliphatic carbocycles. The van der Waals surface area contributed by atoms with Gasteiger partial charge in [0.2, 0.25) is 5.91 Å². The Morgan fingerprint density at radius 2 is 1.78 bits per heavy atom. The predicted octanol–water partition coefficient (Wildman–Crippen LogP) is 3.84. The van der Waals surface area contributed by atoms with E-state index >= 15 is 0 Å². The molecule has 10 nitrogen and oxygen atoms in total. The van der Waals surface area contributed by atoms with Crippen LogP contribution in [0.2, 0.25) is 0 Å². The number of aliphatic hydroxyl groups excluding tert-OH is 1. The highest BCUT2D eigenvalue weighted by atomic mass is 19.1. The summed E-state index contributed by atoms with van der Waals surface area (Å²) in [6, 6.07) is 14.7. The Kier molecular flexibility index (Phi) is 8.95. The first kappa shape index (κ1) is 30.5. The minimum absolute atomic E-state index is 0.0501. The summed E-state index contributed by atoms with van der Waals surface area (Å²) >= 11 is 0. The lowest BCUT2D eigenvalue weighted by molar-refractivity contribution is -0.133. The van der Waals surface area contributed by atoms with Crippen LogP contribution in [0.4, 0.5) is 19.3 Å². The zero-order chi connectivity index (χ0) is 31.5. The molecule has 4 bridgehead atoms. The van der Waals surface area contributed by atoms with Gasteiger partial charge in [-0.15, -0.1) is 0 Å². The molecule has 3 aliphatic heterocycles. The molecule has 2 saturated heterocycles. The predicted molar refractivity (Wildman–Crippen MR) is 161 cm³/mol. The van der Waals surface area contributed by atoms with Crippen molar-refractivity contribution in [3.8, 4) is 16.9 Å². The van der Waals surface area contributed by atoms with Gasteiger partial charge in [-0.1, -0.05) is 24.3 Å². The number of para-hydroxylation sites is 1. The number of nitrogens with zero attached hydrogens (tertiary/aromatic N) is 1. The van der Waals surface area contributed by atoms with Crippen molar-refractivity contribution < 1.29 is 37.7 Å². The van der Waals surface area contributed by atoms with Crippen molar-refractivity contribution in [2.75, 3.05) is 25.0 Å². The normalized spacial score (nSPS) is 25.4. The maximum absolute atomic E-state index is 14.6. The number of urea groups is 1. The van der Waals surface area contributed by atoms with Crippen LogP contribution in [-0.4, -0.2) is 77.9 Å². The van der Waals surface area contributed by atoms with Gasteiger partial charge in [-0.25, -0.2) is 13.6 Å². The van der Waals surface area contributed by atoms with Crippen molar-refractivity contribution in [2.24, 2.45) is 0 Å². The Morgan fingerprint density at radius 3 is 2.58 bits per heavy atom. The molecule has 3 aromatic rings. The van der Waals surface area contributed by atoms with Crippen LogP contribution >= 0.6 is 0 Å². The van der Waals surface area contributed by atoms with E-state index in [0.717, 1.165) is 12.1 Å². The number of hydrogen-bond donors (Lipinski definition) is 4. The summed E-state index contributed by atoms with van der Waals surface area (Å²) in [7, 11) is 0.